The first-order valence-electron chi connectivity index (χ1n) is 8.40. The molecule has 1 saturated carbocycles. The van der Waals surface area contributed by atoms with E-state index in [2.05, 4.69) is 5.32 Å². The molecule has 1 N–H and O–H groups in total. The first kappa shape index (κ1) is 16.1. The van der Waals surface area contributed by atoms with Gasteiger partial charge in [0.05, 0.1) is 18.4 Å². The van der Waals surface area contributed by atoms with Crippen LogP contribution in [0.5, 0.6) is 5.75 Å². The van der Waals surface area contributed by atoms with Crippen LogP contribution >= 0.6 is 0 Å². The number of benzene rings is 1. The minimum atomic E-state index is -0.851. The van der Waals surface area contributed by atoms with E-state index in [-0.39, 0.29) is 12.0 Å². The van der Waals surface area contributed by atoms with Gasteiger partial charge >= 0.3 is 0 Å². The normalized spacial score (nSPS) is 19.5. The van der Waals surface area contributed by atoms with Crippen molar-refractivity contribution < 1.29 is 14.3 Å². The molecule has 1 aromatic carbocycles. The lowest BCUT2D eigenvalue weighted by Crippen LogP contribution is -2.53. The topological polar surface area (TPSA) is 50.8 Å². The minimum absolute atomic E-state index is 0.0269. The van der Waals surface area contributed by atoms with E-state index >= 15 is 0 Å². The van der Waals surface area contributed by atoms with Crippen LogP contribution in [0.4, 0.5) is 11.4 Å². The third kappa shape index (κ3) is 3.61. The Kier molecular flexibility index (Phi) is 4.23. The first-order valence-corrected chi connectivity index (χ1v) is 8.40. The fraction of sp³-hybridized carbons (Fsp3) is 0.611. The third-order valence-corrected chi connectivity index (χ3v) is 4.09. The Hall–Kier alpha value is -1.75. The van der Waals surface area contributed by atoms with Gasteiger partial charge in [-0.15, -0.1) is 0 Å². The average molecular weight is 318 g/mol. The van der Waals surface area contributed by atoms with Gasteiger partial charge in [0.15, 0.2) is 5.60 Å². The van der Waals surface area contributed by atoms with Crippen molar-refractivity contribution in [3.05, 3.63) is 18.2 Å². The lowest BCUT2D eigenvalue weighted by molar-refractivity contribution is -0.132. The molecule has 0 unspecified atom stereocenters. The van der Waals surface area contributed by atoms with Gasteiger partial charge in [0.25, 0.3) is 5.91 Å². The van der Waals surface area contributed by atoms with Gasteiger partial charge in [-0.1, -0.05) is 0 Å². The van der Waals surface area contributed by atoms with Crippen LogP contribution in [0.1, 0.15) is 40.5 Å². The van der Waals surface area contributed by atoms with Crippen LogP contribution in [-0.4, -0.2) is 36.8 Å². The largest absolute Gasteiger partial charge is 0.476 e. The van der Waals surface area contributed by atoms with Gasteiger partial charge in [-0.3, -0.25) is 4.79 Å². The Bertz CT molecular complexity index is 594. The first-order chi connectivity index (χ1) is 10.9. The van der Waals surface area contributed by atoms with Crippen molar-refractivity contribution in [3.63, 3.8) is 0 Å². The molecule has 126 valence electrons. The van der Waals surface area contributed by atoms with Crippen molar-refractivity contribution in [2.75, 3.05) is 23.4 Å². The number of ether oxygens (including phenoxy) is 2. The zero-order valence-corrected chi connectivity index (χ0v) is 14.4. The summed E-state index contributed by atoms with van der Waals surface area (Å²) < 4.78 is 11.5. The van der Waals surface area contributed by atoms with Crippen molar-refractivity contribution in [2.45, 2.75) is 58.3 Å². The highest BCUT2D eigenvalue weighted by atomic mass is 16.5. The van der Waals surface area contributed by atoms with Crippen molar-refractivity contribution in [1.29, 1.82) is 0 Å². The van der Waals surface area contributed by atoms with Crippen LogP contribution in [-0.2, 0) is 9.53 Å². The van der Waals surface area contributed by atoms with E-state index in [9.17, 15) is 4.79 Å². The predicted octanol–water partition coefficient (Wildman–Crippen LogP) is 3.19. The molecule has 1 heterocycles. The maximum absolute atomic E-state index is 12.8. The van der Waals surface area contributed by atoms with Crippen LogP contribution < -0.4 is 15.0 Å². The molecule has 0 aromatic heterocycles. The van der Waals surface area contributed by atoms with Gasteiger partial charge in [-0.2, -0.15) is 0 Å². The monoisotopic (exact) mass is 318 g/mol. The summed E-state index contributed by atoms with van der Waals surface area (Å²) in [5, 5.41) is 3.47. The summed E-state index contributed by atoms with van der Waals surface area (Å²) in [6.07, 6.45) is 2.58. The van der Waals surface area contributed by atoms with Crippen LogP contribution in [0.2, 0.25) is 0 Å². The predicted molar refractivity (Wildman–Crippen MR) is 91.2 cm³/mol. The molecule has 5 heteroatoms. The molecule has 0 spiro atoms. The number of nitrogens with zero attached hydrogens (tertiary/aromatic N) is 1. The van der Waals surface area contributed by atoms with Crippen molar-refractivity contribution in [3.8, 4) is 5.75 Å². The lowest BCUT2D eigenvalue weighted by atomic mass is 10.0. The molecule has 23 heavy (non-hydrogen) atoms. The zero-order chi connectivity index (χ0) is 16.6. The summed E-state index contributed by atoms with van der Waals surface area (Å²) >= 11 is 0. The van der Waals surface area contributed by atoms with Crippen LogP contribution in [0, 0.1) is 0 Å². The summed E-state index contributed by atoms with van der Waals surface area (Å²) in [6.45, 7) is 8.66. The quantitative estimate of drug-likeness (QED) is 0.875. The number of amides is 1. The van der Waals surface area contributed by atoms with E-state index in [0.29, 0.717) is 19.2 Å². The maximum atomic E-state index is 12.8. The van der Waals surface area contributed by atoms with E-state index in [1.807, 2.05) is 45.9 Å². The van der Waals surface area contributed by atoms with E-state index in [4.69, 9.17) is 9.47 Å². The van der Waals surface area contributed by atoms with Gasteiger partial charge in [0, 0.05) is 18.3 Å². The molecule has 3 rings (SSSR count). The highest BCUT2D eigenvalue weighted by Gasteiger charge is 2.41. The fourth-order valence-electron chi connectivity index (χ4n) is 2.72. The minimum Gasteiger partial charge on any atom is -0.476 e. The van der Waals surface area contributed by atoms with E-state index < -0.39 is 5.60 Å². The van der Waals surface area contributed by atoms with Crippen molar-refractivity contribution in [1.82, 2.24) is 0 Å². The Morgan fingerprint density at radius 3 is 2.78 bits per heavy atom. The van der Waals surface area contributed by atoms with E-state index in [0.717, 1.165) is 17.1 Å². The molecule has 1 amide bonds. The maximum Gasteiger partial charge on any atom is 0.270 e. The Labute approximate surface area is 137 Å². The number of carbonyl (C=O) groups is 1. The molecular formula is C18H26N2O3. The van der Waals surface area contributed by atoms with Gasteiger partial charge in [-0.25, -0.2) is 0 Å². The molecule has 5 nitrogen and oxygen atoms in total. The average Bonchev–Trinajstić information content (AvgIpc) is 3.27. The summed E-state index contributed by atoms with van der Waals surface area (Å²) in [5.41, 5.74) is 1.01. The van der Waals surface area contributed by atoms with Crippen molar-refractivity contribution >= 4 is 17.3 Å². The number of anilines is 2. The second-order valence-electron chi connectivity index (χ2n) is 7.09. The summed E-state index contributed by atoms with van der Waals surface area (Å²) in [6, 6.07) is 6.55. The molecule has 1 aliphatic carbocycles. The number of hydrogen-bond acceptors (Lipinski definition) is 4. The molecule has 1 aliphatic heterocycles. The number of hydrogen-bond donors (Lipinski definition) is 1. The molecule has 0 radical (unpaired) electrons. The third-order valence-electron chi connectivity index (χ3n) is 4.09. The molecule has 0 bridgehead atoms. The van der Waals surface area contributed by atoms with E-state index in [1.54, 1.807) is 4.90 Å². The molecule has 0 atom stereocenters. The van der Waals surface area contributed by atoms with Gasteiger partial charge in [0.1, 0.15) is 5.75 Å². The highest BCUT2D eigenvalue weighted by molar-refractivity contribution is 6.02. The zero-order valence-electron chi connectivity index (χ0n) is 14.4. The summed E-state index contributed by atoms with van der Waals surface area (Å²) in [5.74, 6) is 0.724. The van der Waals surface area contributed by atoms with Crippen LogP contribution in [0.15, 0.2) is 18.2 Å². The van der Waals surface area contributed by atoms with E-state index in [1.165, 1.54) is 12.8 Å². The standard InChI is InChI=1S/C18H26N2O3/c1-12(2)22-10-9-20-15-11-14(19-13-5-6-13)7-8-16(15)23-18(3,4)17(20)21/h7-8,11-13,19H,5-6,9-10H2,1-4H3. The van der Waals surface area contributed by atoms with Crippen LogP contribution in [0.3, 0.4) is 0 Å². The fourth-order valence-corrected chi connectivity index (χ4v) is 2.72. The van der Waals surface area contributed by atoms with Gasteiger partial charge < -0.3 is 19.7 Å². The number of nitrogens with one attached hydrogen (secondary N) is 1. The molecule has 1 aromatic rings. The highest BCUT2D eigenvalue weighted by Crippen LogP contribution is 2.40. The second kappa shape index (κ2) is 6.04. The molecule has 2 aliphatic rings. The summed E-state index contributed by atoms with van der Waals surface area (Å²) in [4.78, 5) is 14.5. The Morgan fingerprint density at radius 1 is 1.39 bits per heavy atom. The molecule has 1 fully saturated rings. The number of fused-ring (bicyclic) bond motifs is 1. The molecular weight excluding hydrogens is 292 g/mol. The number of carbonyl (C=O) groups excluding carboxylic acids is 1. The van der Waals surface area contributed by atoms with Crippen LogP contribution in [0.25, 0.3) is 0 Å². The smallest absolute Gasteiger partial charge is 0.270 e. The van der Waals surface area contributed by atoms with Gasteiger partial charge in [-0.05, 0) is 58.7 Å². The summed E-state index contributed by atoms with van der Waals surface area (Å²) in [7, 11) is 0. The van der Waals surface area contributed by atoms with Gasteiger partial charge in [0.2, 0.25) is 0 Å². The molecule has 0 saturated heterocycles. The Balaban J connectivity index is 1.84. The SMILES string of the molecule is CC(C)OCCN1C(=O)C(C)(C)Oc2ccc(NC3CC3)cc21. The Morgan fingerprint density at radius 2 is 2.13 bits per heavy atom. The second-order valence-corrected chi connectivity index (χ2v) is 7.09. The van der Waals surface area contributed by atoms with Crippen molar-refractivity contribution in [2.24, 2.45) is 0 Å². The number of rotatable bonds is 6. The lowest BCUT2D eigenvalue weighted by Gasteiger charge is -2.39.